The molecule has 0 bridgehead atoms. The Hall–Kier alpha value is -2.62. The number of aryl methyl sites for hydroxylation is 1. The first kappa shape index (κ1) is 19.2. The third kappa shape index (κ3) is 4.21. The maximum absolute atomic E-state index is 9.82. The molecule has 3 nitrogen and oxygen atoms in total. The highest BCUT2D eigenvalue weighted by Gasteiger charge is 2.26. The number of hydrogen-bond donors (Lipinski definition) is 0. The first-order valence-electron chi connectivity index (χ1n) is 9.83. The van der Waals surface area contributed by atoms with Crippen LogP contribution in [0, 0.1) is 29.6 Å². The van der Waals surface area contributed by atoms with Gasteiger partial charge in [-0.25, -0.2) is 0 Å². The van der Waals surface area contributed by atoms with E-state index in [2.05, 4.69) is 25.1 Å². The van der Waals surface area contributed by atoms with Gasteiger partial charge in [-0.2, -0.15) is 10.5 Å². The second-order valence-electron chi connectivity index (χ2n) is 7.39. The molecule has 1 fully saturated rings. The largest absolute Gasteiger partial charge is 0.378 e. The van der Waals surface area contributed by atoms with Crippen LogP contribution in [-0.4, -0.2) is 12.7 Å². The van der Waals surface area contributed by atoms with Crippen molar-refractivity contribution < 1.29 is 4.74 Å². The van der Waals surface area contributed by atoms with Gasteiger partial charge in [0.1, 0.15) is 12.1 Å². The third-order valence-corrected chi connectivity index (χ3v) is 5.50. The Labute approximate surface area is 162 Å². The van der Waals surface area contributed by atoms with Crippen molar-refractivity contribution in [3.05, 3.63) is 58.7 Å². The van der Waals surface area contributed by atoms with Gasteiger partial charge in [-0.15, -0.1) is 0 Å². The minimum Gasteiger partial charge on any atom is -0.378 e. The number of nitrogens with zero attached hydrogens (tertiary/aromatic N) is 2. The summed E-state index contributed by atoms with van der Waals surface area (Å²) in [5, 5.41) is 19.6. The minimum absolute atomic E-state index is 0.334. The molecule has 0 atom stereocenters. The highest BCUT2D eigenvalue weighted by atomic mass is 16.5. The smallest absolute Gasteiger partial charge is 0.101 e. The topological polar surface area (TPSA) is 56.8 Å². The fourth-order valence-electron chi connectivity index (χ4n) is 3.99. The average Bonchev–Trinajstić information content (AvgIpc) is 2.72. The van der Waals surface area contributed by atoms with Gasteiger partial charge >= 0.3 is 0 Å². The normalized spacial score (nSPS) is 19.3. The predicted molar refractivity (Wildman–Crippen MR) is 107 cm³/mol. The van der Waals surface area contributed by atoms with Crippen LogP contribution in [0.15, 0.2) is 36.4 Å². The van der Waals surface area contributed by atoms with Crippen LogP contribution in [0.2, 0.25) is 0 Å². The first-order chi connectivity index (χ1) is 13.2. The van der Waals surface area contributed by atoms with Gasteiger partial charge in [0.15, 0.2) is 0 Å². The van der Waals surface area contributed by atoms with Crippen LogP contribution in [0.25, 0.3) is 11.1 Å². The van der Waals surface area contributed by atoms with Crippen molar-refractivity contribution in [3.63, 3.8) is 0 Å². The molecule has 0 amide bonds. The van der Waals surface area contributed by atoms with E-state index >= 15 is 0 Å². The fraction of sp³-hybridized carbons (Fsp3) is 0.417. The van der Waals surface area contributed by atoms with Gasteiger partial charge < -0.3 is 4.74 Å². The van der Waals surface area contributed by atoms with Crippen molar-refractivity contribution in [2.45, 2.75) is 58.0 Å². The lowest BCUT2D eigenvalue weighted by Gasteiger charge is -2.29. The Morgan fingerprint density at radius 2 is 1.59 bits per heavy atom. The monoisotopic (exact) mass is 358 g/mol. The number of benzene rings is 2. The van der Waals surface area contributed by atoms with Gasteiger partial charge in [-0.3, -0.25) is 0 Å². The van der Waals surface area contributed by atoms with Gasteiger partial charge in [0, 0.05) is 12.2 Å². The molecule has 1 aliphatic rings. The SMILES string of the molecule is CCCOC1CCC(c2ccc(-c3ccc(C)cc3)c(C#N)c2C#N)CC1. The maximum Gasteiger partial charge on any atom is 0.101 e. The van der Waals surface area contributed by atoms with E-state index in [1.54, 1.807) is 0 Å². The summed E-state index contributed by atoms with van der Waals surface area (Å²) in [6.07, 6.45) is 5.46. The standard InChI is InChI=1S/C24H26N2O/c1-3-14-27-20-10-8-19(9-11-20)22-13-12-21(23(15-25)24(22)16-26)18-6-4-17(2)5-7-18/h4-7,12-13,19-20H,3,8-11,14H2,1-2H3. The van der Waals surface area contributed by atoms with E-state index in [9.17, 15) is 10.5 Å². The Bertz CT molecular complexity index is 863. The van der Waals surface area contributed by atoms with Crippen molar-refractivity contribution in [2.75, 3.05) is 6.61 Å². The quantitative estimate of drug-likeness (QED) is 0.673. The van der Waals surface area contributed by atoms with E-state index in [0.29, 0.717) is 23.1 Å². The van der Waals surface area contributed by atoms with Crippen molar-refractivity contribution in [1.29, 1.82) is 10.5 Å². The lowest BCUT2D eigenvalue weighted by Crippen LogP contribution is -2.21. The number of ether oxygens (including phenoxy) is 1. The molecule has 0 aliphatic heterocycles. The molecule has 0 N–H and O–H groups in total. The van der Waals surface area contributed by atoms with E-state index in [4.69, 9.17) is 4.74 Å². The van der Waals surface area contributed by atoms with Crippen LogP contribution in [0.3, 0.4) is 0 Å². The van der Waals surface area contributed by atoms with Gasteiger partial charge in [0.2, 0.25) is 0 Å². The summed E-state index contributed by atoms with van der Waals surface area (Å²) in [6.45, 7) is 4.99. The molecule has 1 aliphatic carbocycles. The van der Waals surface area contributed by atoms with Crippen molar-refractivity contribution in [1.82, 2.24) is 0 Å². The van der Waals surface area contributed by atoms with Crippen LogP contribution in [0.1, 0.15) is 67.2 Å². The Morgan fingerprint density at radius 1 is 0.926 bits per heavy atom. The molecule has 0 unspecified atom stereocenters. The van der Waals surface area contributed by atoms with Gasteiger partial charge in [0.25, 0.3) is 0 Å². The van der Waals surface area contributed by atoms with Crippen LogP contribution >= 0.6 is 0 Å². The summed E-state index contributed by atoms with van der Waals surface area (Å²) in [6, 6.07) is 16.8. The Kier molecular flexibility index (Phi) is 6.28. The highest BCUT2D eigenvalue weighted by Crippen LogP contribution is 2.38. The molecule has 0 radical (unpaired) electrons. The molecule has 138 valence electrons. The van der Waals surface area contributed by atoms with Gasteiger partial charge in [-0.1, -0.05) is 48.9 Å². The number of nitriles is 2. The van der Waals surface area contributed by atoms with Crippen molar-refractivity contribution in [2.24, 2.45) is 0 Å². The summed E-state index contributed by atoms with van der Waals surface area (Å²) in [5.74, 6) is 0.334. The van der Waals surface area contributed by atoms with Crippen LogP contribution < -0.4 is 0 Å². The zero-order chi connectivity index (χ0) is 19.2. The van der Waals surface area contributed by atoms with E-state index in [1.165, 1.54) is 5.56 Å². The van der Waals surface area contributed by atoms with Crippen molar-refractivity contribution >= 4 is 0 Å². The van der Waals surface area contributed by atoms with E-state index in [-0.39, 0.29) is 0 Å². The van der Waals surface area contributed by atoms with Crippen LogP contribution in [0.5, 0.6) is 0 Å². The first-order valence-corrected chi connectivity index (χ1v) is 9.83. The molecule has 27 heavy (non-hydrogen) atoms. The fourth-order valence-corrected chi connectivity index (χ4v) is 3.99. The van der Waals surface area contributed by atoms with Crippen LogP contribution in [0.4, 0.5) is 0 Å². The molecule has 3 heteroatoms. The maximum atomic E-state index is 9.82. The molecule has 3 rings (SSSR count). The molecule has 0 spiro atoms. The summed E-state index contributed by atoms with van der Waals surface area (Å²) in [4.78, 5) is 0. The van der Waals surface area contributed by atoms with Crippen LogP contribution in [-0.2, 0) is 4.74 Å². The molecule has 1 saturated carbocycles. The lowest BCUT2D eigenvalue weighted by atomic mass is 9.79. The summed E-state index contributed by atoms with van der Waals surface area (Å²) < 4.78 is 5.89. The van der Waals surface area contributed by atoms with E-state index in [0.717, 1.165) is 55.4 Å². The molecule has 0 saturated heterocycles. The molecular weight excluding hydrogens is 332 g/mol. The summed E-state index contributed by atoms with van der Waals surface area (Å²) >= 11 is 0. The summed E-state index contributed by atoms with van der Waals surface area (Å²) in [5.41, 5.74) is 5.08. The Balaban J connectivity index is 1.89. The van der Waals surface area contributed by atoms with Gasteiger partial charge in [-0.05, 0) is 56.1 Å². The second-order valence-corrected chi connectivity index (χ2v) is 7.39. The van der Waals surface area contributed by atoms with Gasteiger partial charge in [0.05, 0.1) is 17.2 Å². The Morgan fingerprint density at radius 3 is 2.19 bits per heavy atom. The summed E-state index contributed by atoms with van der Waals surface area (Å²) in [7, 11) is 0. The minimum atomic E-state index is 0.334. The average molecular weight is 358 g/mol. The predicted octanol–water partition coefficient (Wildman–Crippen LogP) is 5.86. The molecule has 0 heterocycles. The van der Waals surface area contributed by atoms with E-state index in [1.807, 2.05) is 37.3 Å². The zero-order valence-electron chi connectivity index (χ0n) is 16.2. The number of hydrogen-bond acceptors (Lipinski definition) is 3. The molecule has 2 aromatic carbocycles. The second kappa shape index (κ2) is 8.85. The molecular formula is C24H26N2O. The molecule has 0 aromatic heterocycles. The lowest BCUT2D eigenvalue weighted by molar-refractivity contribution is 0.0251. The number of rotatable bonds is 5. The van der Waals surface area contributed by atoms with E-state index < -0.39 is 0 Å². The molecule has 2 aromatic rings. The zero-order valence-corrected chi connectivity index (χ0v) is 16.2. The van der Waals surface area contributed by atoms with Crippen molar-refractivity contribution in [3.8, 4) is 23.3 Å². The highest BCUT2D eigenvalue weighted by molar-refractivity contribution is 5.75. The third-order valence-electron chi connectivity index (χ3n) is 5.50.